The molecule has 4 rings (SSSR count). The van der Waals surface area contributed by atoms with Crippen LogP contribution in [0.1, 0.15) is 11.1 Å². The third-order valence-electron chi connectivity index (χ3n) is 3.84. The van der Waals surface area contributed by atoms with E-state index >= 15 is 0 Å². The number of para-hydroxylation sites is 1. The number of aromatic amines is 1. The average Bonchev–Trinajstić information content (AvgIpc) is 2.97. The maximum atomic E-state index is 9.46. The summed E-state index contributed by atoms with van der Waals surface area (Å²) in [5.41, 5.74) is 6.73. The summed E-state index contributed by atoms with van der Waals surface area (Å²) >= 11 is 0. The third kappa shape index (κ3) is 2.69. The van der Waals surface area contributed by atoms with Crippen LogP contribution in [-0.4, -0.2) is 36.6 Å². The first kappa shape index (κ1) is 14.9. The summed E-state index contributed by atoms with van der Waals surface area (Å²) in [6.07, 6.45) is 1.47. The standard InChI is InChI=1S/C17H14N6O2/c1-9-3-2-4-11-14(9)19-16-15(11)21-23-17(20-16)22-18-8-10-5-6-12(24)13(25)7-10/h2-8,24-25H,1H3,(H2,19,20,22,23)/b18-8+. The number of nitrogens with zero attached hydrogens (tertiary/aromatic N) is 4. The Morgan fingerprint density at radius 1 is 1.12 bits per heavy atom. The topological polar surface area (TPSA) is 119 Å². The summed E-state index contributed by atoms with van der Waals surface area (Å²) in [7, 11) is 0. The number of hydrogen-bond donors (Lipinski definition) is 4. The maximum absolute atomic E-state index is 9.46. The first-order valence-corrected chi connectivity index (χ1v) is 7.54. The number of anilines is 1. The second-order valence-electron chi connectivity index (χ2n) is 5.57. The SMILES string of the molecule is Cc1cccc2c1[nH]c1nc(N/N=C/c3ccc(O)c(O)c3)nnc12. The van der Waals surface area contributed by atoms with E-state index in [1.807, 2.05) is 25.1 Å². The Labute approximate surface area is 141 Å². The zero-order valence-electron chi connectivity index (χ0n) is 13.2. The smallest absolute Gasteiger partial charge is 0.265 e. The molecule has 0 saturated heterocycles. The van der Waals surface area contributed by atoms with Crippen molar-refractivity contribution in [2.75, 3.05) is 5.43 Å². The van der Waals surface area contributed by atoms with Crippen LogP contribution in [0.25, 0.3) is 22.1 Å². The normalized spacial score (nSPS) is 11.6. The van der Waals surface area contributed by atoms with Gasteiger partial charge in [-0.1, -0.05) is 18.2 Å². The minimum Gasteiger partial charge on any atom is -0.504 e. The number of phenols is 2. The number of hydrazone groups is 1. The second kappa shape index (κ2) is 5.75. The molecule has 0 fully saturated rings. The molecule has 124 valence electrons. The van der Waals surface area contributed by atoms with Gasteiger partial charge in [-0.2, -0.15) is 10.1 Å². The minimum atomic E-state index is -0.211. The minimum absolute atomic E-state index is 0.183. The number of aryl methyl sites for hydroxylation is 1. The van der Waals surface area contributed by atoms with Gasteiger partial charge in [-0.15, -0.1) is 10.2 Å². The lowest BCUT2D eigenvalue weighted by Gasteiger charge is -1.99. The van der Waals surface area contributed by atoms with Crippen LogP contribution < -0.4 is 5.43 Å². The highest BCUT2D eigenvalue weighted by Gasteiger charge is 2.09. The molecule has 25 heavy (non-hydrogen) atoms. The summed E-state index contributed by atoms with van der Waals surface area (Å²) in [6, 6.07) is 10.3. The van der Waals surface area contributed by atoms with Crippen LogP contribution in [0.3, 0.4) is 0 Å². The van der Waals surface area contributed by atoms with Gasteiger partial charge in [0.2, 0.25) is 0 Å². The number of fused-ring (bicyclic) bond motifs is 3. The van der Waals surface area contributed by atoms with Gasteiger partial charge in [-0.05, 0) is 36.2 Å². The molecule has 0 unspecified atom stereocenters. The Balaban J connectivity index is 1.61. The highest BCUT2D eigenvalue weighted by atomic mass is 16.3. The van der Waals surface area contributed by atoms with Gasteiger partial charge in [-0.25, -0.2) is 5.43 Å². The Kier molecular flexibility index (Phi) is 3.42. The van der Waals surface area contributed by atoms with Crippen molar-refractivity contribution in [3.8, 4) is 11.5 Å². The predicted molar refractivity (Wildman–Crippen MR) is 94.9 cm³/mol. The van der Waals surface area contributed by atoms with E-state index in [-0.39, 0.29) is 17.4 Å². The van der Waals surface area contributed by atoms with E-state index in [0.29, 0.717) is 16.7 Å². The van der Waals surface area contributed by atoms with Crippen LogP contribution in [0.2, 0.25) is 0 Å². The third-order valence-corrected chi connectivity index (χ3v) is 3.84. The molecule has 2 heterocycles. The molecule has 4 aromatic rings. The second-order valence-corrected chi connectivity index (χ2v) is 5.57. The fourth-order valence-electron chi connectivity index (χ4n) is 2.58. The van der Waals surface area contributed by atoms with Gasteiger partial charge in [0.25, 0.3) is 5.95 Å². The zero-order chi connectivity index (χ0) is 17.4. The van der Waals surface area contributed by atoms with Crippen molar-refractivity contribution < 1.29 is 10.2 Å². The van der Waals surface area contributed by atoms with Crippen LogP contribution in [0.5, 0.6) is 11.5 Å². The molecule has 0 spiro atoms. The molecule has 0 aliphatic heterocycles. The summed E-state index contributed by atoms with van der Waals surface area (Å²) in [4.78, 5) is 7.62. The molecule has 8 heteroatoms. The number of phenolic OH excluding ortho intramolecular Hbond substituents is 2. The fourth-order valence-corrected chi connectivity index (χ4v) is 2.58. The lowest BCUT2D eigenvalue weighted by atomic mass is 10.1. The highest BCUT2D eigenvalue weighted by molar-refractivity contribution is 6.04. The van der Waals surface area contributed by atoms with Crippen molar-refractivity contribution >= 4 is 34.2 Å². The molecule has 2 aromatic carbocycles. The number of aromatic hydroxyl groups is 2. The molecule has 0 radical (unpaired) electrons. The first-order valence-electron chi connectivity index (χ1n) is 7.54. The summed E-state index contributed by atoms with van der Waals surface area (Å²) in [5.74, 6) is -0.148. The number of H-pyrrole nitrogens is 1. The molecular weight excluding hydrogens is 320 g/mol. The molecule has 0 atom stereocenters. The Morgan fingerprint density at radius 3 is 2.84 bits per heavy atom. The van der Waals surface area contributed by atoms with E-state index < -0.39 is 0 Å². The van der Waals surface area contributed by atoms with Gasteiger partial charge >= 0.3 is 0 Å². The van der Waals surface area contributed by atoms with Gasteiger partial charge in [0.05, 0.1) is 11.7 Å². The van der Waals surface area contributed by atoms with E-state index in [2.05, 4.69) is 30.7 Å². The Hall–Kier alpha value is -3.68. The van der Waals surface area contributed by atoms with E-state index in [9.17, 15) is 10.2 Å². The van der Waals surface area contributed by atoms with E-state index in [0.717, 1.165) is 16.5 Å². The van der Waals surface area contributed by atoms with E-state index in [1.165, 1.54) is 18.3 Å². The van der Waals surface area contributed by atoms with Gasteiger partial charge in [0.1, 0.15) is 5.52 Å². The van der Waals surface area contributed by atoms with Crippen molar-refractivity contribution in [2.24, 2.45) is 5.10 Å². The average molecular weight is 334 g/mol. The molecule has 2 aromatic heterocycles. The van der Waals surface area contributed by atoms with Crippen molar-refractivity contribution in [1.82, 2.24) is 20.2 Å². The zero-order valence-corrected chi connectivity index (χ0v) is 13.2. The van der Waals surface area contributed by atoms with Crippen LogP contribution >= 0.6 is 0 Å². The van der Waals surface area contributed by atoms with Crippen LogP contribution in [0, 0.1) is 6.92 Å². The monoisotopic (exact) mass is 334 g/mol. The summed E-state index contributed by atoms with van der Waals surface area (Å²) in [6.45, 7) is 2.02. The van der Waals surface area contributed by atoms with Crippen LogP contribution in [0.4, 0.5) is 5.95 Å². The summed E-state index contributed by atoms with van der Waals surface area (Å²) < 4.78 is 0. The molecule has 0 saturated carbocycles. The van der Waals surface area contributed by atoms with Gasteiger partial charge in [0.15, 0.2) is 17.1 Å². The van der Waals surface area contributed by atoms with Gasteiger partial charge < -0.3 is 15.2 Å². The van der Waals surface area contributed by atoms with E-state index in [1.54, 1.807) is 6.07 Å². The van der Waals surface area contributed by atoms with Crippen molar-refractivity contribution in [3.05, 3.63) is 47.5 Å². The number of aromatic nitrogens is 4. The Bertz CT molecular complexity index is 1120. The maximum Gasteiger partial charge on any atom is 0.265 e. The molecule has 0 bridgehead atoms. The highest BCUT2D eigenvalue weighted by Crippen LogP contribution is 2.25. The largest absolute Gasteiger partial charge is 0.504 e. The molecular formula is C17H14N6O2. The van der Waals surface area contributed by atoms with Gasteiger partial charge in [-0.3, -0.25) is 0 Å². The summed E-state index contributed by atoms with van der Waals surface area (Å²) in [5, 5.41) is 32.0. The molecule has 0 aliphatic rings. The van der Waals surface area contributed by atoms with Crippen molar-refractivity contribution in [3.63, 3.8) is 0 Å². The van der Waals surface area contributed by atoms with Crippen LogP contribution in [-0.2, 0) is 0 Å². The Morgan fingerprint density at radius 2 is 2.00 bits per heavy atom. The molecule has 0 aliphatic carbocycles. The molecule has 4 N–H and O–H groups in total. The van der Waals surface area contributed by atoms with E-state index in [4.69, 9.17) is 0 Å². The first-order chi connectivity index (χ1) is 12.1. The number of nitrogens with one attached hydrogen (secondary N) is 2. The number of hydrogen-bond acceptors (Lipinski definition) is 7. The number of rotatable bonds is 3. The van der Waals surface area contributed by atoms with Crippen molar-refractivity contribution in [2.45, 2.75) is 6.92 Å². The lowest BCUT2D eigenvalue weighted by molar-refractivity contribution is 0.403. The lowest BCUT2D eigenvalue weighted by Crippen LogP contribution is -1.98. The van der Waals surface area contributed by atoms with Crippen molar-refractivity contribution in [1.29, 1.82) is 0 Å². The molecule has 8 nitrogen and oxygen atoms in total. The quantitative estimate of drug-likeness (QED) is 0.260. The predicted octanol–water partition coefficient (Wildman–Crippen LogP) is 2.67. The van der Waals surface area contributed by atoms with Gasteiger partial charge in [0, 0.05) is 5.39 Å². The van der Waals surface area contributed by atoms with Crippen LogP contribution in [0.15, 0.2) is 41.5 Å². The molecule has 0 amide bonds. The number of benzene rings is 2. The fraction of sp³-hybridized carbons (Fsp3) is 0.0588.